The standard InChI is InChI=1S/C17H21NO/c1-12-5-6-16(17(10-12)19-4)18-11-15-8-13(2)7-14(3)9-15/h5-10,18H,11H2,1-4H3. The molecule has 2 aromatic carbocycles. The molecule has 0 aliphatic rings. The van der Waals surface area contributed by atoms with Crippen molar-refractivity contribution in [3.05, 3.63) is 58.7 Å². The lowest BCUT2D eigenvalue weighted by molar-refractivity contribution is 0.416. The lowest BCUT2D eigenvalue weighted by Gasteiger charge is -2.12. The first kappa shape index (κ1) is 13.5. The fourth-order valence-corrected chi connectivity index (χ4v) is 2.31. The molecule has 0 amide bonds. The molecule has 19 heavy (non-hydrogen) atoms. The van der Waals surface area contributed by atoms with E-state index in [-0.39, 0.29) is 0 Å². The van der Waals surface area contributed by atoms with Crippen LogP contribution in [0.25, 0.3) is 0 Å². The largest absolute Gasteiger partial charge is 0.495 e. The van der Waals surface area contributed by atoms with E-state index in [2.05, 4.69) is 56.4 Å². The van der Waals surface area contributed by atoms with Crippen molar-refractivity contribution in [2.45, 2.75) is 27.3 Å². The summed E-state index contributed by atoms with van der Waals surface area (Å²) in [5.74, 6) is 0.893. The molecule has 0 heterocycles. The Hall–Kier alpha value is -1.96. The highest BCUT2D eigenvalue weighted by molar-refractivity contribution is 5.57. The SMILES string of the molecule is COc1cc(C)ccc1NCc1cc(C)cc(C)c1. The fourth-order valence-electron chi connectivity index (χ4n) is 2.31. The molecule has 2 rings (SSSR count). The Morgan fingerprint density at radius 3 is 2.21 bits per heavy atom. The Balaban J connectivity index is 2.14. The average molecular weight is 255 g/mol. The van der Waals surface area contributed by atoms with Crippen LogP contribution in [0.1, 0.15) is 22.3 Å². The van der Waals surface area contributed by atoms with Gasteiger partial charge in [0.25, 0.3) is 0 Å². The topological polar surface area (TPSA) is 21.3 Å². The minimum absolute atomic E-state index is 0.807. The van der Waals surface area contributed by atoms with Crippen LogP contribution in [0.5, 0.6) is 5.75 Å². The van der Waals surface area contributed by atoms with Crippen molar-refractivity contribution in [3.8, 4) is 5.75 Å². The molecule has 0 saturated carbocycles. The zero-order valence-electron chi connectivity index (χ0n) is 12.1. The fraction of sp³-hybridized carbons (Fsp3) is 0.294. The number of hydrogen-bond donors (Lipinski definition) is 1. The van der Waals surface area contributed by atoms with Gasteiger partial charge >= 0.3 is 0 Å². The van der Waals surface area contributed by atoms with Crippen molar-refractivity contribution < 1.29 is 4.74 Å². The molecule has 0 aromatic heterocycles. The number of aryl methyl sites for hydroxylation is 3. The van der Waals surface area contributed by atoms with Gasteiger partial charge in [0, 0.05) is 6.54 Å². The number of ether oxygens (including phenoxy) is 1. The maximum absolute atomic E-state index is 5.40. The molecule has 0 bridgehead atoms. The molecular weight excluding hydrogens is 234 g/mol. The van der Waals surface area contributed by atoms with Crippen molar-refractivity contribution in [2.24, 2.45) is 0 Å². The van der Waals surface area contributed by atoms with Crippen LogP contribution in [-0.2, 0) is 6.54 Å². The third-order valence-corrected chi connectivity index (χ3v) is 3.12. The summed E-state index contributed by atoms with van der Waals surface area (Å²) in [4.78, 5) is 0. The Bertz CT molecular complexity index is 555. The van der Waals surface area contributed by atoms with E-state index in [4.69, 9.17) is 4.74 Å². The van der Waals surface area contributed by atoms with E-state index in [0.717, 1.165) is 18.0 Å². The van der Waals surface area contributed by atoms with Crippen LogP contribution in [0.4, 0.5) is 5.69 Å². The minimum atomic E-state index is 0.807. The van der Waals surface area contributed by atoms with E-state index < -0.39 is 0 Å². The summed E-state index contributed by atoms with van der Waals surface area (Å²) in [5.41, 5.74) is 6.13. The zero-order valence-corrected chi connectivity index (χ0v) is 12.1. The van der Waals surface area contributed by atoms with Crippen LogP contribution >= 0.6 is 0 Å². The summed E-state index contributed by atoms with van der Waals surface area (Å²) in [6, 6.07) is 12.8. The van der Waals surface area contributed by atoms with Gasteiger partial charge in [-0.1, -0.05) is 35.4 Å². The lowest BCUT2D eigenvalue weighted by Crippen LogP contribution is -2.02. The molecule has 0 unspecified atom stereocenters. The van der Waals surface area contributed by atoms with E-state index in [9.17, 15) is 0 Å². The minimum Gasteiger partial charge on any atom is -0.495 e. The van der Waals surface area contributed by atoms with Crippen LogP contribution in [0.2, 0.25) is 0 Å². The van der Waals surface area contributed by atoms with Gasteiger partial charge in [0.15, 0.2) is 0 Å². The van der Waals surface area contributed by atoms with Gasteiger partial charge in [0.2, 0.25) is 0 Å². The van der Waals surface area contributed by atoms with Crippen LogP contribution in [0.15, 0.2) is 36.4 Å². The molecular formula is C17H21NO. The first-order chi connectivity index (χ1) is 9.08. The summed E-state index contributed by atoms with van der Waals surface area (Å²) >= 11 is 0. The molecule has 100 valence electrons. The summed E-state index contributed by atoms with van der Waals surface area (Å²) in [7, 11) is 1.71. The highest BCUT2D eigenvalue weighted by Crippen LogP contribution is 2.25. The van der Waals surface area contributed by atoms with Crippen molar-refractivity contribution in [1.82, 2.24) is 0 Å². The third kappa shape index (κ3) is 3.50. The average Bonchev–Trinajstić information content (AvgIpc) is 2.36. The molecule has 1 N–H and O–H groups in total. The molecule has 0 radical (unpaired) electrons. The van der Waals surface area contributed by atoms with Crippen LogP contribution in [-0.4, -0.2) is 7.11 Å². The van der Waals surface area contributed by atoms with Gasteiger partial charge < -0.3 is 10.1 Å². The summed E-state index contributed by atoms with van der Waals surface area (Å²) in [5, 5.41) is 3.44. The number of rotatable bonds is 4. The maximum Gasteiger partial charge on any atom is 0.142 e. The molecule has 0 spiro atoms. The Labute approximate surface area is 115 Å². The Kier molecular flexibility index (Phi) is 4.10. The van der Waals surface area contributed by atoms with E-state index in [1.807, 2.05) is 6.07 Å². The molecule has 0 atom stereocenters. The predicted octanol–water partition coefficient (Wildman–Crippen LogP) is 4.23. The lowest BCUT2D eigenvalue weighted by atomic mass is 10.1. The molecule has 0 aliphatic heterocycles. The molecule has 2 heteroatoms. The molecule has 2 nitrogen and oxygen atoms in total. The number of hydrogen-bond acceptors (Lipinski definition) is 2. The normalized spacial score (nSPS) is 10.3. The van der Waals surface area contributed by atoms with Crippen molar-refractivity contribution in [1.29, 1.82) is 0 Å². The van der Waals surface area contributed by atoms with E-state index in [1.54, 1.807) is 7.11 Å². The summed E-state index contributed by atoms with van der Waals surface area (Å²) < 4.78 is 5.40. The molecule has 0 aliphatic carbocycles. The van der Waals surface area contributed by atoms with Gasteiger partial charge in [-0.05, 0) is 44.0 Å². The highest BCUT2D eigenvalue weighted by atomic mass is 16.5. The number of methoxy groups -OCH3 is 1. The van der Waals surface area contributed by atoms with Gasteiger partial charge in [-0.2, -0.15) is 0 Å². The van der Waals surface area contributed by atoms with Gasteiger partial charge in [0.05, 0.1) is 12.8 Å². The van der Waals surface area contributed by atoms with Gasteiger partial charge in [-0.25, -0.2) is 0 Å². The molecule has 0 saturated heterocycles. The van der Waals surface area contributed by atoms with Crippen LogP contribution in [0, 0.1) is 20.8 Å². The molecule has 2 aromatic rings. The second kappa shape index (κ2) is 5.79. The van der Waals surface area contributed by atoms with E-state index in [0.29, 0.717) is 0 Å². The van der Waals surface area contributed by atoms with Crippen LogP contribution < -0.4 is 10.1 Å². The third-order valence-electron chi connectivity index (χ3n) is 3.12. The van der Waals surface area contributed by atoms with Gasteiger partial charge in [-0.15, -0.1) is 0 Å². The quantitative estimate of drug-likeness (QED) is 0.882. The highest BCUT2D eigenvalue weighted by Gasteiger charge is 2.03. The second-order valence-electron chi connectivity index (χ2n) is 5.05. The number of anilines is 1. The first-order valence-electron chi connectivity index (χ1n) is 6.54. The van der Waals surface area contributed by atoms with Crippen molar-refractivity contribution in [3.63, 3.8) is 0 Å². The van der Waals surface area contributed by atoms with Crippen LogP contribution in [0.3, 0.4) is 0 Å². The maximum atomic E-state index is 5.40. The summed E-state index contributed by atoms with van der Waals surface area (Å²) in [6.07, 6.45) is 0. The van der Waals surface area contributed by atoms with Gasteiger partial charge in [-0.3, -0.25) is 0 Å². The first-order valence-corrected chi connectivity index (χ1v) is 6.54. The molecule has 0 fully saturated rings. The number of benzene rings is 2. The monoisotopic (exact) mass is 255 g/mol. The predicted molar refractivity (Wildman–Crippen MR) is 81.0 cm³/mol. The van der Waals surface area contributed by atoms with E-state index in [1.165, 1.54) is 22.3 Å². The Morgan fingerprint density at radius 2 is 1.58 bits per heavy atom. The van der Waals surface area contributed by atoms with Crippen molar-refractivity contribution in [2.75, 3.05) is 12.4 Å². The smallest absolute Gasteiger partial charge is 0.142 e. The van der Waals surface area contributed by atoms with Gasteiger partial charge in [0.1, 0.15) is 5.75 Å². The Morgan fingerprint density at radius 1 is 0.895 bits per heavy atom. The van der Waals surface area contributed by atoms with Crippen molar-refractivity contribution >= 4 is 5.69 Å². The number of nitrogens with one attached hydrogen (secondary N) is 1. The van der Waals surface area contributed by atoms with E-state index >= 15 is 0 Å². The summed E-state index contributed by atoms with van der Waals surface area (Å²) in [6.45, 7) is 7.13. The zero-order chi connectivity index (χ0) is 13.8. The second-order valence-corrected chi connectivity index (χ2v) is 5.05.